The molecule has 1 atom stereocenters. The second-order valence-electron chi connectivity index (χ2n) is 4.37. The summed E-state index contributed by atoms with van der Waals surface area (Å²) in [5.41, 5.74) is 1.94. The molecular formula is C14H19NO3. The smallest absolute Gasteiger partial charge is 0.303 e. The average molecular weight is 249 g/mol. The summed E-state index contributed by atoms with van der Waals surface area (Å²) in [7, 11) is 0. The SMILES string of the molecule is CCC(C)c1ccc(NC(=O)CCC(=O)O)cc1. The minimum absolute atomic E-state index is 0.00243. The molecule has 0 radical (unpaired) electrons. The third kappa shape index (κ3) is 4.57. The zero-order chi connectivity index (χ0) is 13.5. The maximum absolute atomic E-state index is 11.4. The molecule has 98 valence electrons. The maximum atomic E-state index is 11.4. The van der Waals surface area contributed by atoms with E-state index in [9.17, 15) is 9.59 Å². The Kier molecular flexibility index (Phi) is 5.36. The Balaban J connectivity index is 2.53. The predicted octanol–water partition coefficient (Wildman–Crippen LogP) is 3.00. The van der Waals surface area contributed by atoms with E-state index in [1.807, 2.05) is 24.3 Å². The Labute approximate surface area is 107 Å². The lowest BCUT2D eigenvalue weighted by Crippen LogP contribution is -2.13. The van der Waals surface area contributed by atoms with Gasteiger partial charge in [0.25, 0.3) is 0 Å². The van der Waals surface area contributed by atoms with Gasteiger partial charge in [-0.3, -0.25) is 9.59 Å². The first-order valence-corrected chi connectivity index (χ1v) is 6.14. The highest BCUT2D eigenvalue weighted by Crippen LogP contribution is 2.20. The van der Waals surface area contributed by atoms with E-state index >= 15 is 0 Å². The number of nitrogens with one attached hydrogen (secondary N) is 1. The fraction of sp³-hybridized carbons (Fsp3) is 0.429. The van der Waals surface area contributed by atoms with Crippen molar-refractivity contribution in [2.75, 3.05) is 5.32 Å². The van der Waals surface area contributed by atoms with Crippen LogP contribution in [0.25, 0.3) is 0 Å². The van der Waals surface area contributed by atoms with Crippen LogP contribution in [0.5, 0.6) is 0 Å². The molecule has 0 spiro atoms. The number of aliphatic carboxylic acids is 1. The monoisotopic (exact) mass is 249 g/mol. The lowest BCUT2D eigenvalue weighted by molar-refractivity contribution is -0.138. The molecule has 0 bridgehead atoms. The third-order valence-electron chi connectivity index (χ3n) is 2.94. The minimum Gasteiger partial charge on any atom is -0.481 e. The van der Waals surface area contributed by atoms with Crippen LogP contribution >= 0.6 is 0 Å². The lowest BCUT2D eigenvalue weighted by Gasteiger charge is -2.10. The lowest BCUT2D eigenvalue weighted by atomic mass is 9.99. The summed E-state index contributed by atoms with van der Waals surface area (Å²) in [6.07, 6.45) is 0.934. The van der Waals surface area contributed by atoms with Crippen LogP contribution in [-0.4, -0.2) is 17.0 Å². The number of rotatable bonds is 6. The molecule has 0 aliphatic carbocycles. The second-order valence-corrected chi connectivity index (χ2v) is 4.37. The molecule has 0 aromatic heterocycles. The van der Waals surface area contributed by atoms with Crippen LogP contribution < -0.4 is 5.32 Å². The molecule has 1 amide bonds. The second kappa shape index (κ2) is 6.79. The average Bonchev–Trinajstić information content (AvgIpc) is 2.36. The van der Waals surface area contributed by atoms with Crippen molar-refractivity contribution < 1.29 is 14.7 Å². The van der Waals surface area contributed by atoms with Crippen LogP contribution in [0.15, 0.2) is 24.3 Å². The van der Waals surface area contributed by atoms with Crippen LogP contribution in [0.4, 0.5) is 5.69 Å². The van der Waals surface area contributed by atoms with Gasteiger partial charge in [0.1, 0.15) is 0 Å². The van der Waals surface area contributed by atoms with Gasteiger partial charge in [-0.05, 0) is 30.0 Å². The number of amides is 1. The summed E-state index contributed by atoms with van der Waals surface area (Å²) in [6.45, 7) is 4.28. The molecule has 1 aromatic rings. The molecule has 0 saturated carbocycles. The summed E-state index contributed by atoms with van der Waals surface area (Å²) < 4.78 is 0. The summed E-state index contributed by atoms with van der Waals surface area (Å²) in [6, 6.07) is 7.67. The molecule has 0 saturated heterocycles. The zero-order valence-electron chi connectivity index (χ0n) is 10.8. The molecule has 18 heavy (non-hydrogen) atoms. The molecular weight excluding hydrogens is 230 g/mol. The van der Waals surface area contributed by atoms with Gasteiger partial charge in [0.15, 0.2) is 0 Å². The Morgan fingerprint density at radius 1 is 1.22 bits per heavy atom. The van der Waals surface area contributed by atoms with Crippen LogP contribution in [0.2, 0.25) is 0 Å². The Hall–Kier alpha value is -1.84. The van der Waals surface area contributed by atoms with Gasteiger partial charge in [0.2, 0.25) is 5.91 Å². The molecule has 4 heteroatoms. The van der Waals surface area contributed by atoms with Gasteiger partial charge in [-0.1, -0.05) is 26.0 Å². The van der Waals surface area contributed by atoms with Crippen molar-refractivity contribution in [3.05, 3.63) is 29.8 Å². The highest BCUT2D eigenvalue weighted by molar-refractivity contribution is 5.92. The van der Waals surface area contributed by atoms with Gasteiger partial charge >= 0.3 is 5.97 Å². The van der Waals surface area contributed by atoms with Gasteiger partial charge in [-0.15, -0.1) is 0 Å². The number of carbonyl (C=O) groups excluding carboxylic acids is 1. The number of carboxylic acids is 1. The Morgan fingerprint density at radius 3 is 2.33 bits per heavy atom. The normalized spacial score (nSPS) is 11.9. The van der Waals surface area contributed by atoms with E-state index in [2.05, 4.69) is 19.2 Å². The Morgan fingerprint density at radius 2 is 1.83 bits per heavy atom. The van der Waals surface area contributed by atoms with Crippen LogP contribution in [0, 0.1) is 0 Å². The molecule has 2 N–H and O–H groups in total. The van der Waals surface area contributed by atoms with Crippen LogP contribution in [0.1, 0.15) is 44.6 Å². The van der Waals surface area contributed by atoms with Crippen LogP contribution in [0.3, 0.4) is 0 Å². The van der Waals surface area contributed by atoms with E-state index in [0.29, 0.717) is 11.6 Å². The summed E-state index contributed by atoms with van der Waals surface area (Å²) in [5.74, 6) is -0.729. The highest BCUT2D eigenvalue weighted by Gasteiger charge is 2.06. The first-order chi connectivity index (χ1) is 8.52. The molecule has 4 nitrogen and oxygen atoms in total. The van der Waals surface area contributed by atoms with E-state index in [1.165, 1.54) is 5.56 Å². The molecule has 0 heterocycles. The summed E-state index contributed by atoms with van der Waals surface area (Å²) in [4.78, 5) is 21.7. The van der Waals surface area contributed by atoms with Gasteiger partial charge in [0, 0.05) is 12.1 Å². The van der Waals surface area contributed by atoms with Gasteiger partial charge in [-0.2, -0.15) is 0 Å². The van der Waals surface area contributed by atoms with Crippen molar-refractivity contribution in [2.24, 2.45) is 0 Å². The first-order valence-electron chi connectivity index (χ1n) is 6.14. The third-order valence-corrected chi connectivity index (χ3v) is 2.94. The van der Waals surface area contributed by atoms with Gasteiger partial charge < -0.3 is 10.4 Å². The molecule has 0 aliphatic heterocycles. The predicted molar refractivity (Wildman–Crippen MR) is 70.6 cm³/mol. The molecule has 1 rings (SSSR count). The number of hydrogen-bond acceptors (Lipinski definition) is 2. The van der Waals surface area contributed by atoms with Crippen molar-refractivity contribution in [2.45, 2.75) is 39.0 Å². The number of hydrogen-bond donors (Lipinski definition) is 2. The zero-order valence-corrected chi connectivity index (χ0v) is 10.8. The molecule has 1 aromatic carbocycles. The molecule has 1 unspecified atom stereocenters. The first kappa shape index (κ1) is 14.2. The minimum atomic E-state index is -0.961. The molecule has 0 aliphatic rings. The van der Waals surface area contributed by atoms with Crippen molar-refractivity contribution in [3.8, 4) is 0 Å². The van der Waals surface area contributed by atoms with Crippen LogP contribution in [-0.2, 0) is 9.59 Å². The van der Waals surface area contributed by atoms with E-state index in [4.69, 9.17) is 5.11 Å². The van der Waals surface area contributed by atoms with E-state index < -0.39 is 5.97 Å². The van der Waals surface area contributed by atoms with Crippen molar-refractivity contribution in [3.63, 3.8) is 0 Å². The summed E-state index contributed by atoms with van der Waals surface area (Å²) >= 11 is 0. The number of carboxylic acid groups (broad SMARTS) is 1. The number of benzene rings is 1. The van der Waals surface area contributed by atoms with Gasteiger partial charge in [0.05, 0.1) is 6.42 Å². The standard InChI is InChI=1S/C14H19NO3/c1-3-10(2)11-4-6-12(7-5-11)15-13(16)8-9-14(17)18/h4-7,10H,3,8-9H2,1-2H3,(H,15,16)(H,17,18). The number of carbonyl (C=O) groups is 2. The Bertz CT molecular complexity index is 412. The number of anilines is 1. The van der Waals surface area contributed by atoms with Gasteiger partial charge in [-0.25, -0.2) is 0 Å². The van der Waals surface area contributed by atoms with Crippen molar-refractivity contribution in [1.29, 1.82) is 0 Å². The maximum Gasteiger partial charge on any atom is 0.303 e. The fourth-order valence-electron chi connectivity index (χ4n) is 1.57. The largest absolute Gasteiger partial charge is 0.481 e. The summed E-state index contributed by atoms with van der Waals surface area (Å²) in [5, 5.41) is 11.2. The van der Waals surface area contributed by atoms with Crippen molar-refractivity contribution >= 4 is 17.6 Å². The topological polar surface area (TPSA) is 66.4 Å². The van der Waals surface area contributed by atoms with E-state index in [-0.39, 0.29) is 18.7 Å². The molecule has 0 fully saturated rings. The highest BCUT2D eigenvalue weighted by atomic mass is 16.4. The van der Waals surface area contributed by atoms with E-state index in [1.54, 1.807) is 0 Å². The van der Waals surface area contributed by atoms with E-state index in [0.717, 1.165) is 6.42 Å². The fourth-order valence-corrected chi connectivity index (χ4v) is 1.57. The van der Waals surface area contributed by atoms with Crippen molar-refractivity contribution in [1.82, 2.24) is 0 Å². The quantitative estimate of drug-likeness (QED) is 0.814.